The molecule has 2 N–H and O–H groups in total. The molecule has 2 heterocycles. The van der Waals surface area contributed by atoms with Crippen molar-refractivity contribution in [3.63, 3.8) is 0 Å². The van der Waals surface area contributed by atoms with Crippen LogP contribution in [0.25, 0.3) is 22.6 Å². The van der Waals surface area contributed by atoms with Crippen LogP contribution in [0.1, 0.15) is 23.1 Å². The zero-order valence-electron chi connectivity index (χ0n) is 15.7. The van der Waals surface area contributed by atoms with Crippen molar-refractivity contribution in [2.45, 2.75) is 33.2 Å². The number of aromatic amines is 1. The van der Waals surface area contributed by atoms with E-state index in [1.54, 1.807) is 12.1 Å². The molecule has 28 heavy (non-hydrogen) atoms. The number of phenolic OH excluding ortho intramolecular Hbond substituents is 1. The van der Waals surface area contributed by atoms with Gasteiger partial charge in [0.1, 0.15) is 5.75 Å². The molecule has 0 saturated heterocycles. The summed E-state index contributed by atoms with van der Waals surface area (Å²) in [7, 11) is 0. The van der Waals surface area contributed by atoms with Crippen LogP contribution in [0.4, 0.5) is 0 Å². The molecule has 0 atom stereocenters. The molecule has 2 aromatic carbocycles. The topological polar surface area (TPSA) is 101 Å². The maximum atomic E-state index is 12.3. The Balaban J connectivity index is 1.81. The predicted molar refractivity (Wildman–Crippen MR) is 107 cm³/mol. The average Bonchev–Trinajstić information content (AvgIpc) is 2.65. The predicted octanol–water partition coefficient (Wildman–Crippen LogP) is 2.54. The number of hydrogen-bond donors (Lipinski definition) is 2. The minimum absolute atomic E-state index is 0.167. The number of rotatable bonds is 4. The first kappa shape index (κ1) is 17.9. The molecule has 0 radical (unpaired) electrons. The van der Waals surface area contributed by atoms with Crippen LogP contribution in [0.3, 0.4) is 0 Å². The van der Waals surface area contributed by atoms with E-state index in [-0.39, 0.29) is 11.4 Å². The van der Waals surface area contributed by atoms with E-state index in [9.17, 15) is 14.7 Å². The fraction of sp³-hybridized carbons (Fsp3) is 0.238. The van der Waals surface area contributed by atoms with Crippen molar-refractivity contribution < 1.29 is 5.11 Å². The Kier molecular flexibility index (Phi) is 4.43. The number of phenols is 1. The zero-order valence-corrected chi connectivity index (χ0v) is 15.7. The van der Waals surface area contributed by atoms with E-state index < -0.39 is 11.2 Å². The summed E-state index contributed by atoms with van der Waals surface area (Å²) in [6, 6.07) is 11.1. The molecular formula is C21H20N4O3. The van der Waals surface area contributed by atoms with E-state index in [0.717, 1.165) is 35.0 Å². The summed E-state index contributed by atoms with van der Waals surface area (Å²) in [5, 5.41) is 9.42. The van der Waals surface area contributed by atoms with Gasteiger partial charge in [0, 0.05) is 6.54 Å². The van der Waals surface area contributed by atoms with E-state index in [1.807, 2.05) is 42.7 Å². The summed E-state index contributed by atoms with van der Waals surface area (Å²) in [6.07, 6.45) is 1.57. The number of nitrogens with zero attached hydrogens (tertiary/aromatic N) is 3. The van der Waals surface area contributed by atoms with Gasteiger partial charge < -0.3 is 9.67 Å². The quantitative estimate of drug-likeness (QED) is 0.533. The first-order valence-electron chi connectivity index (χ1n) is 9.12. The Hall–Kier alpha value is -3.48. The Morgan fingerprint density at radius 1 is 1.04 bits per heavy atom. The third-order valence-corrected chi connectivity index (χ3v) is 5.01. The summed E-state index contributed by atoms with van der Waals surface area (Å²) < 4.78 is 1.90. The molecule has 0 spiro atoms. The van der Waals surface area contributed by atoms with Gasteiger partial charge in [0.2, 0.25) is 0 Å². The highest BCUT2D eigenvalue weighted by Gasteiger charge is 2.19. The number of nitrogens with one attached hydrogen (secondary N) is 1. The number of aromatic nitrogens is 4. The molecule has 0 aliphatic carbocycles. The van der Waals surface area contributed by atoms with Crippen LogP contribution in [0, 0.1) is 13.8 Å². The lowest BCUT2D eigenvalue weighted by Crippen LogP contribution is -2.29. The fourth-order valence-corrected chi connectivity index (χ4v) is 3.38. The van der Waals surface area contributed by atoms with Gasteiger partial charge in [-0.1, -0.05) is 12.1 Å². The maximum Gasteiger partial charge on any atom is 0.349 e. The minimum atomic E-state index is -0.672. The molecule has 0 unspecified atom stereocenters. The molecule has 0 aromatic heterocycles. The second-order valence-corrected chi connectivity index (χ2v) is 7.00. The molecule has 7 heteroatoms. The van der Waals surface area contributed by atoms with Gasteiger partial charge >= 0.3 is 5.69 Å². The molecular weight excluding hydrogens is 356 g/mol. The van der Waals surface area contributed by atoms with E-state index in [4.69, 9.17) is 0 Å². The molecule has 0 bridgehead atoms. The smallest absolute Gasteiger partial charge is 0.349 e. The monoisotopic (exact) mass is 376 g/mol. The van der Waals surface area contributed by atoms with Gasteiger partial charge in [-0.05, 0) is 67.6 Å². The van der Waals surface area contributed by atoms with Gasteiger partial charge in [-0.2, -0.15) is 4.98 Å². The SMILES string of the molecule is Cc1cc2nc3c(=O)[nH]c(=O)nc-3n(CCCc3ccc(O)cc3)c2cc1C. The lowest BCUT2D eigenvalue weighted by molar-refractivity contribution is 0.475. The Morgan fingerprint density at radius 2 is 1.75 bits per heavy atom. The van der Waals surface area contributed by atoms with Crippen molar-refractivity contribution in [3.05, 3.63) is 73.9 Å². The van der Waals surface area contributed by atoms with Crippen LogP contribution in [-0.4, -0.2) is 24.6 Å². The first-order chi connectivity index (χ1) is 13.4. The highest BCUT2D eigenvalue weighted by Crippen LogP contribution is 2.24. The second kappa shape index (κ2) is 6.92. The fourth-order valence-electron chi connectivity index (χ4n) is 3.38. The number of hydrogen-bond acceptors (Lipinski definition) is 5. The van der Waals surface area contributed by atoms with E-state index >= 15 is 0 Å². The highest BCUT2D eigenvalue weighted by atomic mass is 16.3. The molecule has 2 aliphatic heterocycles. The van der Waals surface area contributed by atoms with Crippen molar-refractivity contribution in [3.8, 4) is 17.3 Å². The van der Waals surface area contributed by atoms with Gasteiger partial charge in [0.05, 0.1) is 11.0 Å². The van der Waals surface area contributed by atoms with Crippen molar-refractivity contribution >= 4 is 11.0 Å². The number of benzene rings is 2. The largest absolute Gasteiger partial charge is 0.508 e. The summed E-state index contributed by atoms with van der Waals surface area (Å²) in [6.45, 7) is 4.60. The van der Waals surface area contributed by atoms with E-state index in [1.165, 1.54) is 0 Å². The lowest BCUT2D eigenvalue weighted by Gasteiger charge is -2.17. The van der Waals surface area contributed by atoms with Gasteiger partial charge in [-0.25, -0.2) is 9.78 Å². The number of aryl methyl sites for hydroxylation is 4. The van der Waals surface area contributed by atoms with Crippen LogP contribution < -0.4 is 11.2 Å². The van der Waals surface area contributed by atoms with Crippen LogP contribution in [0.15, 0.2) is 46.0 Å². The summed E-state index contributed by atoms with van der Waals surface area (Å²) >= 11 is 0. The van der Waals surface area contributed by atoms with Crippen molar-refractivity contribution in [2.75, 3.05) is 0 Å². The average molecular weight is 376 g/mol. The molecule has 4 rings (SSSR count). The molecule has 7 nitrogen and oxygen atoms in total. The second-order valence-electron chi connectivity index (χ2n) is 7.00. The maximum absolute atomic E-state index is 12.3. The van der Waals surface area contributed by atoms with Crippen LogP contribution >= 0.6 is 0 Å². The van der Waals surface area contributed by atoms with E-state index in [2.05, 4.69) is 15.0 Å². The molecule has 2 aliphatic rings. The van der Waals surface area contributed by atoms with Crippen LogP contribution in [-0.2, 0) is 13.0 Å². The standard InChI is InChI=1S/C21H20N4O3/c1-12-10-16-17(11-13(12)2)25(9-3-4-14-5-7-15(26)8-6-14)19-18(22-16)20(27)24-21(28)23-19/h5-8,10-11,26H,3-4,9H2,1-2H3,(H,24,27,28). The van der Waals surface area contributed by atoms with Gasteiger partial charge in [0.15, 0.2) is 11.5 Å². The van der Waals surface area contributed by atoms with Gasteiger partial charge in [-0.15, -0.1) is 0 Å². The summed E-state index contributed by atoms with van der Waals surface area (Å²) in [4.78, 5) is 34.8. The van der Waals surface area contributed by atoms with Gasteiger partial charge in [0.25, 0.3) is 5.56 Å². The zero-order chi connectivity index (χ0) is 19.8. The Bertz CT molecular complexity index is 1260. The molecule has 0 amide bonds. The minimum Gasteiger partial charge on any atom is -0.508 e. The van der Waals surface area contributed by atoms with Crippen LogP contribution in [0.2, 0.25) is 0 Å². The third-order valence-electron chi connectivity index (χ3n) is 5.01. The van der Waals surface area contributed by atoms with Crippen molar-refractivity contribution in [1.82, 2.24) is 19.5 Å². The first-order valence-corrected chi connectivity index (χ1v) is 9.12. The number of aromatic hydroxyl groups is 1. The van der Waals surface area contributed by atoms with Crippen molar-refractivity contribution in [2.24, 2.45) is 0 Å². The van der Waals surface area contributed by atoms with Crippen molar-refractivity contribution in [1.29, 1.82) is 0 Å². The Labute approximate surface area is 160 Å². The summed E-state index contributed by atoms with van der Waals surface area (Å²) in [5.41, 5.74) is 3.80. The third kappa shape index (κ3) is 3.26. The summed E-state index contributed by atoms with van der Waals surface area (Å²) in [5.74, 6) is 0.539. The molecule has 142 valence electrons. The molecule has 0 saturated carbocycles. The Morgan fingerprint density at radius 3 is 2.50 bits per heavy atom. The normalized spacial score (nSPS) is 11.4. The lowest BCUT2D eigenvalue weighted by atomic mass is 10.1. The molecule has 2 aromatic rings. The van der Waals surface area contributed by atoms with Gasteiger partial charge in [-0.3, -0.25) is 9.78 Å². The van der Waals surface area contributed by atoms with E-state index in [0.29, 0.717) is 17.9 Å². The highest BCUT2D eigenvalue weighted by molar-refractivity contribution is 5.81. The molecule has 0 fully saturated rings. The van der Waals surface area contributed by atoms with Crippen LogP contribution in [0.5, 0.6) is 5.75 Å². The number of fused-ring (bicyclic) bond motifs is 2. The number of H-pyrrole nitrogens is 1.